The van der Waals surface area contributed by atoms with E-state index in [-0.39, 0.29) is 0 Å². The summed E-state index contributed by atoms with van der Waals surface area (Å²) in [5.74, 6) is 0. The Balaban J connectivity index is 1.13. The zero-order valence-corrected chi connectivity index (χ0v) is 31.4. The van der Waals surface area contributed by atoms with Crippen molar-refractivity contribution in [1.29, 1.82) is 0 Å². The van der Waals surface area contributed by atoms with E-state index in [1.165, 1.54) is 87.2 Å². The SMILES string of the molecule is c1ccc(-n2c3ccccc3c3ccc(-n4c5ccccc5c5c4ccc4c6ccccc6n(-c6ccc7c8ccccc8n(-c8ccccc8)c7c6)c45)cc32)cc1. The maximum absolute atomic E-state index is 2.51. The average molecular weight is 739 g/mol. The van der Waals surface area contributed by atoms with Crippen LogP contribution in [0.15, 0.2) is 206 Å². The number of nitrogens with zero attached hydrogens (tertiary/aromatic N) is 4. The number of fused-ring (bicyclic) bond motifs is 13. The summed E-state index contributed by atoms with van der Waals surface area (Å²) in [6.45, 7) is 0. The summed E-state index contributed by atoms with van der Waals surface area (Å²) in [4.78, 5) is 0. The van der Waals surface area contributed by atoms with E-state index in [2.05, 4.69) is 225 Å². The van der Waals surface area contributed by atoms with Gasteiger partial charge in [-0.1, -0.05) is 127 Å². The minimum Gasteiger partial charge on any atom is -0.309 e. The second kappa shape index (κ2) is 11.8. The van der Waals surface area contributed by atoms with Gasteiger partial charge in [0.2, 0.25) is 0 Å². The van der Waals surface area contributed by atoms with Crippen molar-refractivity contribution in [3.05, 3.63) is 206 Å². The fourth-order valence-electron chi connectivity index (χ4n) is 9.96. The molecule has 0 spiro atoms. The summed E-state index contributed by atoms with van der Waals surface area (Å²) in [6.07, 6.45) is 0. The Labute approximate surface area is 333 Å². The maximum Gasteiger partial charge on any atom is 0.0641 e. The van der Waals surface area contributed by atoms with Crippen LogP contribution in [0.3, 0.4) is 0 Å². The third-order valence-electron chi connectivity index (χ3n) is 12.3. The molecule has 0 atom stereocenters. The molecule has 0 saturated heterocycles. The lowest BCUT2D eigenvalue weighted by Gasteiger charge is -2.12. The Morgan fingerprint density at radius 1 is 0.207 bits per heavy atom. The van der Waals surface area contributed by atoms with Gasteiger partial charge in [-0.2, -0.15) is 0 Å². The number of aromatic nitrogens is 4. The monoisotopic (exact) mass is 738 g/mol. The van der Waals surface area contributed by atoms with Crippen molar-refractivity contribution in [2.45, 2.75) is 0 Å². The van der Waals surface area contributed by atoms with Gasteiger partial charge in [0.05, 0.1) is 44.1 Å². The first-order valence-electron chi connectivity index (χ1n) is 20.0. The molecular formula is C54H34N4. The maximum atomic E-state index is 2.51. The first-order valence-corrected chi connectivity index (χ1v) is 20.0. The van der Waals surface area contributed by atoms with E-state index in [4.69, 9.17) is 0 Å². The number of benzene rings is 9. The Hall–Kier alpha value is -7.82. The van der Waals surface area contributed by atoms with Crippen molar-refractivity contribution < 1.29 is 0 Å². The Morgan fingerprint density at radius 3 is 1.10 bits per heavy atom. The van der Waals surface area contributed by atoms with Gasteiger partial charge in [0.25, 0.3) is 0 Å². The first kappa shape index (κ1) is 31.4. The molecule has 0 bridgehead atoms. The van der Waals surface area contributed by atoms with Crippen LogP contribution in [0.4, 0.5) is 0 Å². The topological polar surface area (TPSA) is 19.7 Å². The highest BCUT2D eigenvalue weighted by Gasteiger charge is 2.23. The van der Waals surface area contributed by atoms with Crippen LogP contribution in [-0.4, -0.2) is 18.3 Å². The molecule has 0 N–H and O–H groups in total. The zero-order chi connectivity index (χ0) is 37.9. The summed E-state index contributed by atoms with van der Waals surface area (Å²) in [5.41, 5.74) is 14.1. The van der Waals surface area contributed by atoms with Crippen molar-refractivity contribution in [3.8, 4) is 22.7 Å². The summed E-state index contributed by atoms with van der Waals surface area (Å²) < 4.78 is 9.79. The van der Waals surface area contributed by atoms with Crippen molar-refractivity contribution in [3.63, 3.8) is 0 Å². The van der Waals surface area contributed by atoms with Gasteiger partial charge in [-0.25, -0.2) is 0 Å². The Bertz CT molecular complexity index is 3780. The smallest absolute Gasteiger partial charge is 0.0641 e. The van der Waals surface area contributed by atoms with Crippen molar-refractivity contribution >= 4 is 87.2 Å². The van der Waals surface area contributed by atoms with Gasteiger partial charge in [0.1, 0.15) is 0 Å². The van der Waals surface area contributed by atoms with Crippen LogP contribution in [0.25, 0.3) is 110 Å². The predicted molar refractivity (Wildman–Crippen MR) is 244 cm³/mol. The molecule has 9 aromatic carbocycles. The molecule has 13 rings (SSSR count). The molecule has 4 nitrogen and oxygen atoms in total. The van der Waals surface area contributed by atoms with Gasteiger partial charge in [-0.15, -0.1) is 0 Å². The summed E-state index contributed by atoms with van der Waals surface area (Å²) in [7, 11) is 0. The van der Waals surface area contributed by atoms with E-state index in [0.717, 1.165) is 22.7 Å². The lowest BCUT2D eigenvalue weighted by Crippen LogP contribution is -1.98. The molecule has 0 radical (unpaired) electrons. The van der Waals surface area contributed by atoms with Crippen molar-refractivity contribution in [1.82, 2.24) is 18.3 Å². The largest absolute Gasteiger partial charge is 0.309 e. The fourth-order valence-corrected chi connectivity index (χ4v) is 9.96. The lowest BCUT2D eigenvalue weighted by molar-refractivity contribution is 1.15. The third kappa shape index (κ3) is 4.23. The Kier molecular flexibility index (Phi) is 6.41. The molecule has 0 saturated carbocycles. The third-order valence-corrected chi connectivity index (χ3v) is 12.3. The van der Waals surface area contributed by atoms with E-state index in [0.29, 0.717) is 0 Å². The van der Waals surface area contributed by atoms with Crippen LogP contribution in [0.5, 0.6) is 0 Å². The molecule has 0 aliphatic rings. The molecular weight excluding hydrogens is 705 g/mol. The van der Waals surface area contributed by atoms with Gasteiger partial charge < -0.3 is 18.3 Å². The molecule has 4 heterocycles. The highest BCUT2D eigenvalue weighted by atomic mass is 15.0. The van der Waals surface area contributed by atoms with Crippen LogP contribution < -0.4 is 0 Å². The molecule has 0 aliphatic carbocycles. The first-order chi connectivity index (χ1) is 28.8. The van der Waals surface area contributed by atoms with Gasteiger partial charge in [-0.05, 0) is 78.9 Å². The molecule has 0 fully saturated rings. The number of rotatable bonds is 4. The van der Waals surface area contributed by atoms with E-state index in [1.54, 1.807) is 0 Å². The summed E-state index contributed by atoms with van der Waals surface area (Å²) in [6, 6.07) is 75.4. The van der Waals surface area contributed by atoms with Crippen molar-refractivity contribution in [2.75, 3.05) is 0 Å². The normalized spacial score (nSPS) is 12.1. The second-order valence-electron chi connectivity index (χ2n) is 15.3. The van der Waals surface area contributed by atoms with Crippen LogP contribution in [0.2, 0.25) is 0 Å². The van der Waals surface area contributed by atoms with E-state index >= 15 is 0 Å². The zero-order valence-electron chi connectivity index (χ0n) is 31.4. The minimum atomic E-state index is 1.13. The summed E-state index contributed by atoms with van der Waals surface area (Å²) in [5, 5.41) is 9.97. The molecule has 4 heteroatoms. The van der Waals surface area contributed by atoms with Crippen molar-refractivity contribution in [2.24, 2.45) is 0 Å². The van der Waals surface area contributed by atoms with E-state index in [9.17, 15) is 0 Å². The molecule has 13 aromatic rings. The van der Waals surface area contributed by atoms with Gasteiger partial charge >= 0.3 is 0 Å². The standard InChI is InChI=1S/C54H34N4/c1-3-15-35(16-4-1)55-46-23-11-7-19-39(46)42-29-27-37(33-51(42)55)57-49-26-14-10-22-45(49)53-50(57)32-31-44-41-21-9-13-25-48(41)58(54(44)53)38-28-30-43-40-20-8-12-24-47(40)56(52(43)34-38)36-17-5-2-6-18-36/h1-34H. The molecule has 58 heavy (non-hydrogen) atoms. The number of hydrogen-bond donors (Lipinski definition) is 0. The Morgan fingerprint density at radius 2 is 0.569 bits per heavy atom. The van der Waals surface area contributed by atoms with Gasteiger partial charge in [0, 0.05) is 65.8 Å². The average Bonchev–Trinajstić information content (AvgIpc) is 4.01. The predicted octanol–water partition coefficient (Wildman–Crippen LogP) is 14.1. The van der Waals surface area contributed by atoms with Crippen LogP contribution >= 0.6 is 0 Å². The quantitative estimate of drug-likeness (QED) is 0.171. The molecule has 0 unspecified atom stereocenters. The molecule has 4 aromatic heterocycles. The van der Waals surface area contributed by atoms with Gasteiger partial charge in [-0.3, -0.25) is 0 Å². The fraction of sp³-hybridized carbons (Fsp3) is 0. The summed E-state index contributed by atoms with van der Waals surface area (Å²) >= 11 is 0. The molecule has 0 aliphatic heterocycles. The van der Waals surface area contributed by atoms with Crippen LogP contribution in [0, 0.1) is 0 Å². The van der Waals surface area contributed by atoms with E-state index in [1.807, 2.05) is 0 Å². The highest BCUT2D eigenvalue weighted by Crippen LogP contribution is 2.44. The second-order valence-corrected chi connectivity index (χ2v) is 15.3. The number of hydrogen-bond acceptors (Lipinski definition) is 0. The van der Waals surface area contributed by atoms with Crippen LogP contribution in [0.1, 0.15) is 0 Å². The molecule has 0 amide bonds. The molecule has 270 valence electrons. The van der Waals surface area contributed by atoms with Crippen LogP contribution in [-0.2, 0) is 0 Å². The van der Waals surface area contributed by atoms with Gasteiger partial charge in [0.15, 0.2) is 0 Å². The highest BCUT2D eigenvalue weighted by molar-refractivity contribution is 6.26. The van der Waals surface area contributed by atoms with E-state index < -0.39 is 0 Å². The number of para-hydroxylation sites is 6. The lowest BCUT2D eigenvalue weighted by atomic mass is 10.1. The minimum absolute atomic E-state index is 1.13.